The van der Waals surface area contributed by atoms with Crippen LogP contribution in [0.4, 0.5) is 17.6 Å². The molecule has 3 aromatic rings. The fourth-order valence-electron chi connectivity index (χ4n) is 3.39. The molecule has 2 N–H and O–H groups in total. The fraction of sp³-hybridized carbons (Fsp3) is 0.474. The summed E-state index contributed by atoms with van der Waals surface area (Å²) in [5.41, 5.74) is 1.92. The van der Waals surface area contributed by atoms with Crippen LogP contribution in [0.15, 0.2) is 30.9 Å². The minimum atomic E-state index is -0.224. The number of nitrogens with zero attached hydrogens (tertiary/aromatic N) is 6. The van der Waals surface area contributed by atoms with Gasteiger partial charge < -0.3 is 19.9 Å². The summed E-state index contributed by atoms with van der Waals surface area (Å²) in [7, 11) is 0. The van der Waals surface area contributed by atoms with Crippen molar-refractivity contribution in [3.63, 3.8) is 0 Å². The van der Waals surface area contributed by atoms with Gasteiger partial charge in [-0.2, -0.15) is 4.98 Å². The van der Waals surface area contributed by atoms with Crippen molar-refractivity contribution in [1.82, 2.24) is 24.5 Å². The first-order chi connectivity index (χ1) is 13.1. The molecule has 8 nitrogen and oxygen atoms in total. The Morgan fingerprint density at radius 3 is 2.89 bits per heavy atom. The van der Waals surface area contributed by atoms with Crippen molar-refractivity contribution in [3.05, 3.63) is 30.9 Å². The lowest BCUT2D eigenvalue weighted by atomic mass is 10.2. The second-order valence-corrected chi connectivity index (χ2v) is 7.24. The van der Waals surface area contributed by atoms with Crippen LogP contribution < -0.4 is 10.2 Å². The molecule has 4 heterocycles. The van der Waals surface area contributed by atoms with Gasteiger partial charge in [-0.3, -0.25) is 0 Å². The highest BCUT2D eigenvalue weighted by Gasteiger charge is 2.17. The number of hydrogen-bond donors (Lipinski definition) is 2. The number of aliphatic hydroxyl groups excluding tert-OH is 1. The smallest absolute Gasteiger partial charge is 0.227 e. The summed E-state index contributed by atoms with van der Waals surface area (Å²) < 4.78 is 2.12. The maximum atomic E-state index is 9.84. The zero-order valence-electron chi connectivity index (χ0n) is 15.7. The summed E-state index contributed by atoms with van der Waals surface area (Å²) in [5, 5.41) is 13.1. The molecule has 0 saturated carbocycles. The van der Waals surface area contributed by atoms with Gasteiger partial charge >= 0.3 is 0 Å². The Labute approximate surface area is 158 Å². The van der Waals surface area contributed by atoms with Gasteiger partial charge in [-0.25, -0.2) is 15.0 Å². The lowest BCUT2D eigenvalue weighted by Gasteiger charge is -2.20. The Morgan fingerprint density at radius 2 is 2.04 bits per heavy atom. The number of pyridine rings is 1. The summed E-state index contributed by atoms with van der Waals surface area (Å²) >= 11 is 0. The van der Waals surface area contributed by atoms with Gasteiger partial charge in [-0.1, -0.05) is 0 Å². The van der Waals surface area contributed by atoms with Crippen LogP contribution in [0, 0.1) is 0 Å². The molecular weight excluding hydrogens is 342 g/mol. The molecule has 1 fully saturated rings. The summed E-state index contributed by atoms with van der Waals surface area (Å²) in [5.74, 6) is 2.11. The number of anilines is 3. The fourth-order valence-corrected chi connectivity index (χ4v) is 3.39. The van der Waals surface area contributed by atoms with Gasteiger partial charge in [0.2, 0.25) is 5.95 Å². The molecule has 8 heteroatoms. The summed E-state index contributed by atoms with van der Waals surface area (Å²) in [6.07, 6.45) is 7.67. The molecule has 4 rings (SSSR count). The number of hydrogen-bond acceptors (Lipinski definition) is 7. The van der Waals surface area contributed by atoms with Crippen LogP contribution in [-0.4, -0.2) is 48.8 Å². The first-order valence-electron chi connectivity index (χ1n) is 9.46. The zero-order valence-corrected chi connectivity index (χ0v) is 15.7. The highest BCUT2D eigenvalue weighted by atomic mass is 16.3. The molecule has 0 bridgehead atoms. The van der Waals surface area contributed by atoms with Gasteiger partial charge in [-0.15, -0.1) is 0 Å². The normalized spacial score (nSPS) is 18.1. The molecule has 3 aromatic heterocycles. The SMILES string of the molecule is CC(C)n1cnc2cnc(Nc3ccnc(N4CCCC(O)CC4)n3)cc21. The Kier molecular flexibility index (Phi) is 4.89. The maximum Gasteiger partial charge on any atom is 0.227 e. The van der Waals surface area contributed by atoms with Crippen molar-refractivity contribution >= 4 is 28.6 Å². The maximum absolute atomic E-state index is 9.84. The van der Waals surface area contributed by atoms with Gasteiger partial charge in [0.05, 0.1) is 24.1 Å². The van der Waals surface area contributed by atoms with Crippen LogP contribution in [0.2, 0.25) is 0 Å². The first-order valence-corrected chi connectivity index (χ1v) is 9.46. The molecule has 1 unspecified atom stereocenters. The number of fused-ring (bicyclic) bond motifs is 1. The van der Waals surface area contributed by atoms with Crippen LogP contribution in [0.5, 0.6) is 0 Å². The number of nitrogens with one attached hydrogen (secondary N) is 1. The van der Waals surface area contributed by atoms with Crippen molar-refractivity contribution in [3.8, 4) is 0 Å². The predicted octanol–water partition coefficient (Wildman–Crippen LogP) is 2.90. The Morgan fingerprint density at radius 1 is 1.15 bits per heavy atom. The second kappa shape index (κ2) is 7.48. The van der Waals surface area contributed by atoms with Crippen molar-refractivity contribution < 1.29 is 5.11 Å². The Bertz CT molecular complexity index is 923. The van der Waals surface area contributed by atoms with E-state index < -0.39 is 0 Å². The van der Waals surface area contributed by atoms with E-state index in [9.17, 15) is 5.11 Å². The topological polar surface area (TPSA) is 92.0 Å². The summed E-state index contributed by atoms with van der Waals surface area (Å²) in [4.78, 5) is 20.0. The summed E-state index contributed by atoms with van der Waals surface area (Å²) in [6.45, 7) is 5.88. The first kappa shape index (κ1) is 17.7. The van der Waals surface area contributed by atoms with Crippen LogP contribution >= 0.6 is 0 Å². The van der Waals surface area contributed by atoms with Gasteiger partial charge in [0.25, 0.3) is 0 Å². The minimum Gasteiger partial charge on any atom is -0.393 e. The van der Waals surface area contributed by atoms with E-state index in [1.54, 1.807) is 12.4 Å². The van der Waals surface area contributed by atoms with Gasteiger partial charge in [0.15, 0.2) is 0 Å². The van der Waals surface area contributed by atoms with E-state index >= 15 is 0 Å². The predicted molar refractivity (Wildman–Crippen MR) is 105 cm³/mol. The highest BCUT2D eigenvalue weighted by Crippen LogP contribution is 2.22. The third kappa shape index (κ3) is 3.85. The Balaban J connectivity index is 1.56. The molecule has 0 radical (unpaired) electrons. The lowest BCUT2D eigenvalue weighted by Crippen LogP contribution is -2.26. The number of imidazole rings is 1. The number of rotatable bonds is 4. The van der Waals surface area contributed by atoms with E-state index in [4.69, 9.17) is 0 Å². The molecule has 0 spiro atoms. The minimum absolute atomic E-state index is 0.224. The van der Waals surface area contributed by atoms with Crippen molar-refractivity contribution in [2.24, 2.45) is 0 Å². The molecule has 1 atom stereocenters. The summed E-state index contributed by atoms with van der Waals surface area (Å²) in [6, 6.07) is 4.16. The number of aromatic nitrogens is 5. The van der Waals surface area contributed by atoms with E-state index in [2.05, 4.69) is 48.6 Å². The third-order valence-corrected chi connectivity index (χ3v) is 4.90. The Hall–Kier alpha value is -2.74. The van der Waals surface area contributed by atoms with Gasteiger partial charge in [0.1, 0.15) is 17.2 Å². The zero-order chi connectivity index (χ0) is 18.8. The van der Waals surface area contributed by atoms with E-state index in [1.165, 1.54) is 0 Å². The molecule has 0 aliphatic carbocycles. The quantitative estimate of drug-likeness (QED) is 0.732. The molecule has 1 saturated heterocycles. The molecule has 1 aliphatic heterocycles. The molecule has 1 aliphatic rings. The average Bonchev–Trinajstić information content (AvgIpc) is 2.96. The molecule has 0 aromatic carbocycles. The van der Waals surface area contributed by atoms with Crippen molar-refractivity contribution in [2.45, 2.75) is 45.3 Å². The molecule has 142 valence electrons. The van der Waals surface area contributed by atoms with Gasteiger partial charge in [-0.05, 0) is 39.2 Å². The standard InChI is InChI=1S/C19H25N7O/c1-13(2)26-12-22-15-11-21-18(10-16(15)26)23-17-5-7-20-19(24-17)25-8-3-4-14(27)6-9-25/h5,7,10-14,27H,3-4,6,8-9H2,1-2H3,(H,20,21,23,24). The lowest BCUT2D eigenvalue weighted by molar-refractivity contribution is 0.161. The largest absolute Gasteiger partial charge is 0.393 e. The monoisotopic (exact) mass is 367 g/mol. The molecule has 27 heavy (non-hydrogen) atoms. The number of aliphatic hydroxyl groups is 1. The molecule has 0 amide bonds. The van der Waals surface area contributed by atoms with E-state index in [0.717, 1.165) is 49.2 Å². The van der Waals surface area contributed by atoms with Gasteiger partial charge in [0, 0.05) is 31.4 Å². The van der Waals surface area contributed by atoms with E-state index in [1.807, 2.05) is 18.5 Å². The van der Waals surface area contributed by atoms with Crippen LogP contribution in [0.3, 0.4) is 0 Å². The average molecular weight is 367 g/mol. The second-order valence-electron chi connectivity index (χ2n) is 7.24. The highest BCUT2D eigenvalue weighted by molar-refractivity contribution is 5.78. The van der Waals surface area contributed by atoms with Crippen LogP contribution in [0.25, 0.3) is 11.0 Å². The third-order valence-electron chi connectivity index (χ3n) is 4.90. The van der Waals surface area contributed by atoms with E-state index in [0.29, 0.717) is 17.8 Å². The van der Waals surface area contributed by atoms with Crippen molar-refractivity contribution in [1.29, 1.82) is 0 Å². The van der Waals surface area contributed by atoms with Crippen molar-refractivity contribution in [2.75, 3.05) is 23.3 Å². The molecular formula is C19H25N7O. The van der Waals surface area contributed by atoms with Crippen LogP contribution in [0.1, 0.15) is 39.2 Å². The van der Waals surface area contributed by atoms with E-state index in [-0.39, 0.29) is 6.10 Å². The van der Waals surface area contributed by atoms with Crippen LogP contribution in [-0.2, 0) is 0 Å².